The molecular formula is C11H21NO4S. The van der Waals surface area contributed by atoms with Crippen LogP contribution in [0.5, 0.6) is 0 Å². The molecule has 1 atom stereocenters. The van der Waals surface area contributed by atoms with Crippen LogP contribution in [0.15, 0.2) is 0 Å². The lowest BCUT2D eigenvalue weighted by atomic mass is 10.1. The van der Waals surface area contributed by atoms with E-state index >= 15 is 0 Å². The van der Waals surface area contributed by atoms with Crippen LogP contribution in [0.2, 0.25) is 0 Å². The Morgan fingerprint density at radius 1 is 1.35 bits per heavy atom. The summed E-state index contributed by atoms with van der Waals surface area (Å²) in [5.74, 6) is -0.301. The molecule has 0 aromatic rings. The predicted octanol–water partition coefficient (Wildman–Crippen LogP) is 0.445. The average molecular weight is 263 g/mol. The van der Waals surface area contributed by atoms with Crippen molar-refractivity contribution in [3.63, 3.8) is 0 Å². The van der Waals surface area contributed by atoms with E-state index in [9.17, 15) is 13.2 Å². The topological polar surface area (TPSA) is 63.7 Å². The molecular weight excluding hydrogens is 242 g/mol. The van der Waals surface area contributed by atoms with Gasteiger partial charge in [-0.05, 0) is 27.7 Å². The van der Waals surface area contributed by atoms with Crippen LogP contribution in [0.1, 0.15) is 27.7 Å². The molecule has 5 nitrogen and oxygen atoms in total. The minimum atomic E-state index is -2.99. The van der Waals surface area contributed by atoms with Crippen molar-refractivity contribution in [1.82, 2.24) is 4.90 Å². The van der Waals surface area contributed by atoms with Crippen LogP contribution in [0.4, 0.5) is 0 Å². The zero-order chi connectivity index (χ0) is 13.4. The fraction of sp³-hybridized carbons (Fsp3) is 0.909. The first-order valence-electron chi connectivity index (χ1n) is 5.66. The number of hydrogen-bond acceptors (Lipinski definition) is 5. The number of esters is 1. The third-order valence-electron chi connectivity index (χ3n) is 2.78. The number of nitrogens with zero attached hydrogens (tertiary/aromatic N) is 1. The molecule has 1 aliphatic rings. The van der Waals surface area contributed by atoms with Crippen LogP contribution < -0.4 is 0 Å². The van der Waals surface area contributed by atoms with Crippen molar-refractivity contribution in [2.45, 2.75) is 44.6 Å². The molecule has 0 aromatic heterocycles. The first kappa shape index (κ1) is 14.4. The molecule has 0 N–H and O–H groups in total. The zero-order valence-corrected chi connectivity index (χ0v) is 11.9. The number of carbonyl (C=O) groups excluding carboxylic acids is 1. The summed E-state index contributed by atoms with van der Waals surface area (Å²) in [6.07, 6.45) is 1.23. The lowest BCUT2D eigenvalue weighted by Gasteiger charge is -2.41. The van der Waals surface area contributed by atoms with Gasteiger partial charge in [-0.15, -0.1) is 0 Å². The quantitative estimate of drug-likeness (QED) is 0.692. The van der Waals surface area contributed by atoms with Crippen molar-refractivity contribution in [3.05, 3.63) is 0 Å². The summed E-state index contributed by atoms with van der Waals surface area (Å²) < 4.78 is 27.7. The Balaban J connectivity index is 2.47. The number of sulfone groups is 1. The van der Waals surface area contributed by atoms with Crippen LogP contribution in [0, 0.1) is 0 Å². The van der Waals surface area contributed by atoms with Gasteiger partial charge < -0.3 is 4.74 Å². The Bertz CT molecular complexity index is 390. The maximum absolute atomic E-state index is 11.7. The second-order valence-electron chi connectivity index (χ2n) is 5.61. The van der Waals surface area contributed by atoms with E-state index in [-0.39, 0.29) is 17.3 Å². The van der Waals surface area contributed by atoms with Gasteiger partial charge >= 0.3 is 5.97 Å². The average Bonchev–Trinajstić information content (AvgIpc) is 1.94. The fourth-order valence-electron chi connectivity index (χ4n) is 1.59. The summed E-state index contributed by atoms with van der Waals surface area (Å²) in [7, 11) is -2.99. The van der Waals surface area contributed by atoms with Gasteiger partial charge in [0, 0.05) is 19.3 Å². The van der Waals surface area contributed by atoms with Gasteiger partial charge in [0.05, 0.1) is 5.25 Å². The van der Waals surface area contributed by atoms with E-state index in [0.717, 1.165) is 0 Å². The van der Waals surface area contributed by atoms with E-state index in [4.69, 9.17) is 4.74 Å². The summed E-state index contributed by atoms with van der Waals surface area (Å²) in [6.45, 7) is 8.01. The van der Waals surface area contributed by atoms with E-state index < -0.39 is 15.4 Å². The Labute approximate surface area is 103 Å². The minimum absolute atomic E-state index is 0.301. The maximum atomic E-state index is 11.7. The molecule has 100 valence electrons. The number of carbonyl (C=O) groups is 1. The smallest absolute Gasteiger partial charge is 0.323 e. The van der Waals surface area contributed by atoms with E-state index in [1.54, 1.807) is 6.92 Å². The highest BCUT2D eigenvalue weighted by molar-refractivity contribution is 7.91. The lowest BCUT2D eigenvalue weighted by Crippen LogP contribution is -2.59. The van der Waals surface area contributed by atoms with Crippen molar-refractivity contribution in [2.24, 2.45) is 0 Å². The van der Waals surface area contributed by atoms with Gasteiger partial charge in [-0.1, -0.05) is 0 Å². The van der Waals surface area contributed by atoms with Crippen LogP contribution >= 0.6 is 0 Å². The first-order chi connectivity index (χ1) is 7.50. The Hall–Kier alpha value is -0.620. The van der Waals surface area contributed by atoms with Crippen LogP contribution in [-0.2, 0) is 19.4 Å². The lowest BCUT2D eigenvalue weighted by molar-refractivity contribution is -0.162. The molecule has 0 aliphatic carbocycles. The normalized spacial score (nSPS) is 20.8. The Kier molecular flexibility index (Phi) is 3.88. The van der Waals surface area contributed by atoms with Gasteiger partial charge in [0.15, 0.2) is 9.84 Å². The predicted molar refractivity (Wildman–Crippen MR) is 65.5 cm³/mol. The molecule has 1 heterocycles. The molecule has 1 saturated heterocycles. The molecule has 1 aliphatic heterocycles. The van der Waals surface area contributed by atoms with Crippen molar-refractivity contribution in [3.8, 4) is 0 Å². The molecule has 0 saturated carbocycles. The molecule has 0 aromatic carbocycles. The molecule has 0 spiro atoms. The number of likely N-dealkylation sites (tertiary alicyclic amines) is 1. The van der Waals surface area contributed by atoms with Gasteiger partial charge in [0.2, 0.25) is 0 Å². The molecule has 0 bridgehead atoms. The van der Waals surface area contributed by atoms with Gasteiger partial charge in [-0.2, -0.15) is 0 Å². The first-order valence-corrected chi connectivity index (χ1v) is 7.62. The van der Waals surface area contributed by atoms with E-state index in [0.29, 0.717) is 13.1 Å². The van der Waals surface area contributed by atoms with Crippen molar-refractivity contribution >= 4 is 15.8 Å². The van der Waals surface area contributed by atoms with Gasteiger partial charge in [-0.3, -0.25) is 9.69 Å². The highest BCUT2D eigenvalue weighted by Gasteiger charge is 2.40. The van der Waals surface area contributed by atoms with E-state index in [1.165, 1.54) is 6.26 Å². The van der Waals surface area contributed by atoms with Crippen LogP contribution in [0.25, 0.3) is 0 Å². The van der Waals surface area contributed by atoms with E-state index in [1.807, 2.05) is 25.7 Å². The summed E-state index contributed by atoms with van der Waals surface area (Å²) in [5, 5.41) is -0.340. The molecule has 0 radical (unpaired) electrons. The SMILES string of the molecule is CC(C(=O)OC(C)(C)C)N1CC(S(C)(=O)=O)C1. The molecule has 0 amide bonds. The minimum Gasteiger partial charge on any atom is -0.459 e. The summed E-state index contributed by atoms with van der Waals surface area (Å²) >= 11 is 0. The molecule has 17 heavy (non-hydrogen) atoms. The molecule has 1 fully saturated rings. The number of hydrogen-bond donors (Lipinski definition) is 0. The highest BCUT2D eigenvalue weighted by atomic mass is 32.2. The van der Waals surface area contributed by atoms with Crippen molar-refractivity contribution in [2.75, 3.05) is 19.3 Å². The van der Waals surface area contributed by atoms with Gasteiger partial charge in [0.1, 0.15) is 11.6 Å². The number of rotatable bonds is 3. The largest absolute Gasteiger partial charge is 0.459 e. The summed E-state index contributed by atoms with van der Waals surface area (Å²) in [6, 6.07) is -0.382. The fourth-order valence-corrected chi connectivity index (χ4v) is 2.52. The summed E-state index contributed by atoms with van der Waals surface area (Å²) in [5.41, 5.74) is -0.507. The van der Waals surface area contributed by atoms with Gasteiger partial charge in [0.25, 0.3) is 0 Å². The molecule has 6 heteroatoms. The van der Waals surface area contributed by atoms with Crippen molar-refractivity contribution < 1.29 is 17.9 Å². The second kappa shape index (κ2) is 4.57. The molecule has 1 rings (SSSR count). The monoisotopic (exact) mass is 263 g/mol. The van der Waals surface area contributed by atoms with Gasteiger partial charge in [-0.25, -0.2) is 8.42 Å². The maximum Gasteiger partial charge on any atom is 0.323 e. The highest BCUT2D eigenvalue weighted by Crippen LogP contribution is 2.20. The standard InChI is InChI=1S/C11H21NO4S/c1-8(10(13)16-11(2,3)4)12-6-9(7-12)17(5,14)15/h8-9H,6-7H2,1-5H3. The third kappa shape index (κ3) is 3.96. The third-order valence-corrected chi connectivity index (χ3v) is 4.29. The second-order valence-corrected chi connectivity index (χ2v) is 7.94. The zero-order valence-electron chi connectivity index (χ0n) is 11.1. The van der Waals surface area contributed by atoms with Crippen molar-refractivity contribution in [1.29, 1.82) is 0 Å². The number of ether oxygens (including phenoxy) is 1. The Morgan fingerprint density at radius 2 is 1.82 bits per heavy atom. The Morgan fingerprint density at radius 3 is 2.18 bits per heavy atom. The molecule has 1 unspecified atom stereocenters. The van der Waals surface area contributed by atoms with Crippen LogP contribution in [-0.4, -0.2) is 55.5 Å². The van der Waals surface area contributed by atoms with Crippen LogP contribution in [0.3, 0.4) is 0 Å². The summed E-state index contributed by atoms with van der Waals surface area (Å²) in [4.78, 5) is 13.6. The van der Waals surface area contributed by atoms with E-state index in [2.05, 4.69) is 0 Å².